The number of rotatable bonds is 4. The van der Waals surface area contributed by atoms with Crippen molar-refractivity contribution in [3.8, 4) is 11.4 Å². The van der Waals surface area contributed by atoms with Crippen LogP contribution in [0.4, 0.5) is 5.69 Å². The summed E-state index contributed by atoms with van der Waals surface area (Å²) in [6.45, 7) is 0. The first-order valence-corrected chi connectivity index (χ1v) is 8.15. The van der Waals surface area contributed by atoms with Crippen molar-refractivity contribution in [2.75, 3.05) is 5.32 Å². The lowest BCUT2D eigenvalue weighted by Gasteiger charge is -2.27. The van der Waals surface area contributed by atoms with Crippen LogP contribution in [0.2, 0.25) is 0 Å². The molecule has 128 valence electrons. The molecule has 1 fully saturated rings. The summed E-state index contributed by atoms with van der Waals surface area (Å²) in [5.41, 5.74) is 7.68. The number of nitrogens with two attached hydrogens (primary N) is 1. The molecule has 2 atom stereocenters. The molecule has 1 aliphatic carbocycles. The first kappa shape index (κ1) is 18.4. The van der Waals surface area contributed by atoms with E-state index in [2.05, 4.69) is 15.3 Å². The third-order valence-corrected chi connectivity index (χ3v) is 4.38. The molecule has 3 rings (SSSR count). The SMILES string of the molecule is Cl.NC1CCCCC1CC(=O)Nc1cnc(-c2ccccc2)nc1. The van der Waals surface area contributed by atoms with Gasteiger partial charge in [-0.15, -0.1) is 12.4 Å². The highest BCUT2D eigenvalue weighted by atomic mass is 35.5. The van der Waals surface area contributed by atoms with E-state index in [9.17, 15) is 4.79 Å². The van der Waals surface area contributed by atoms with E-state index in [1.807, 2.05) is 30.3 Å². The maximum Gasteiger partial charge on any atom is 0.224 e. The normalized spacial score (nSPS) is 20.0. The average Bonchev–Trinajstić information content (AvgIpc) is 2.58. The number of hydrogen-bond donors (Lipinski definition) is 2. The predicted molar refractivity (Wildman–Crippen MR) is 97.9 cm³/mol. The quantitative estimate of drug-likeness (QED) is 0.888. The molecular weight excluding hydrogens is 324 g/mol. The standard InChI is InChI=1S/C18H22N4O.ClH/c19-16-9-5-4-8-14(16)10-17(23)22-15-11-20-18(21-12-15)13-6-2-1-3-7-13;/h1-3,6-7,11-12,14,16H,4-5,8-10,19H2,(H,22,23);1H. The summed E-state index contributed by atoms with van der Waals surface area (Å²) < 4.78 is 0. The van der Waals surface area contributed by atoms with E-state index < -0.39 is 0 Å². The molecule has 1 aromatic heterocycles. The summed E-state index contributed by atoms with van der Waals surface area (Å²) in [7, 11) is 0. The van der Waals surface area contributed by atoms with Crippen LogP contribution in [0.15, 0.2) is 42.7 Å². The van der Waals surface area contributed by atoms with Crippen LogP contribution in [0.5, 0.6) is 0 Å². The van der Waals surface area contributed by atoms with Crippen LogP contribution in [0.25, 0.3) is 11.4 Å². The second kappa shape index (κ2) is 8.76. The number of anilines is 1. The summed E-state index contributed by atoms with van der Waals surface area (Å²) in [6, 6.07) is 9.90. The number of halogens is 1. The van der Waals surface area contributed by atoms with E-state index in [-0.39, 0.29) is 30.3 Å². The highest BCUT2D eigenvalue weighted by Gasteiger charge is 2.24. The van der Waals surface area contributed by atoms with Crippen LogP contribution in [0, 0.1) is 5.92 Å². The molecule has 0 radical (unpaired) electrons. The van der Waals surface area contributed by atoms with Crippen LogP contribution in [0.3, 0.4) is 0 Å². The number of nitrogens with zero attached hydrogens (tertiary/aromatic N) is 2. The second-order valence-electron chi connectivity index (χ2n) is 6.12. The lowest BCUT2D eigenvalue weighted by Crippen LogP contribution is -2.35. The molecule has 0 spiro atoms. The van der Waals surface area contributed by atoms with Crippen LogP contribution in [0.1, 0.15) is 32.1 Å². The van der Waals surface area contributed by atoms with Crippen LogP contribution >= 0.6 is 12.4 Å². The monoisotopic (exact) mass is 346 g/mol. The molecular formula is C18H23ClN4O. The summed E-state index contributed by atoms with van der Waals surface area (Å²) in [6.07, 6.45) is 8.17. The number of amides is 1. The Kier molecular flexibility index (Phi) is 6.70. The Balaban J connectivity index is 0.00000208. The molecule has 2 aromatic rings. The average molecular weight is 347 g/mol. The van der Waals surface area contributed by atoms with Gasteiger partial charge in [0.15, 0.2) is 5.82 Å². The Morgan fingerprint density at radius 2 is 1.79 bits per heavy atom. The first-order chi connectivity index (χ1) is 11.2. The van der Waals surface area contributed by atoms with E-state index in [1.165, 1.54) is 12.8 Å². The molecule has 0 saturated heterocycles. The van der Waals surface area contributed by atoms with Gasteiger partial charge >= 0.3 is 0 Å². The Morgan fingerprint density at radius 3 is 2.46 bits per heavy atom. The van der Waals surface area contributed by atoms with Crippen molar-refractivity contribution in [1.82, 2.24) is 9.97 Å². The van der Waals surface area contributed by atoms with Crippen molar-refractivity contribution in [3.05, 3.63) is 42.7 Å². The number of aromatic nitrogens is 2. The van der Waals surface area contributed by atoms with Gasteiger partial charge in [0.25, 0.3) is 0 Å². The zero-order chi connectivity index (χ0) is 16.1. The third kappa shape index (κ3) is 4.76. The molecule has 5 nitrogen and oxygen atoms in total. The fraction of sp³-hybridized carbons (Fsp3) is 0.389. The highest BCUT2D eigenvalue weighted by molar-refractivity contribution is 5.90. The Labute approximate surface area is 148 Å². The van der Waals surface area contributed by atoms with E-state index in [0.717, 1.165) is 18.4 Å². The van der Waals surface area contributed by atoms with Gasteiger partial charge in [-0.2, -0.15) is 0 Å². The molecule has 1 heterocycles. The van der Waals surface area contributed by atoms with E-state index in [4.69, 9.17) is 5.73 Å². The van der Waals surface area contributed by atoms with E-state index >= 15 is 0 Å². The van der Waals surface area contributed by atoms with Gasteiger partial charge in [0.05, 0.1) is 18.1 Å². The summed E-state index contributed by atoms with van der Waals surface area (Å²) in [5.74, 6) is 0.926. The number of carbonyl (C=O) groups excluding carboxylic acids is 1. The first-order valence-electron chi connectivity index (χ1n) is 8.15. The summed E-state index contributed by atoms with van der Waals surface area (Å²) in [5, 5.41) is 2.87. The zero-order valence-electron chi connectivity index (χ0n) is 13.5. The van der Waals surface area contributed by atoms with Crippen molar-refractivity contribution < 1.29 is 4.79 Å². The molecule has 1 saturated carbocycles. The Bertz CT molecular complexity index is 648. The summed E-state index contributed by atoms with van der Waals surface area (Å²) >= 11 is 0. The van der Waals surface area contributed by atoms with Gasteiger partial charge in [-0.1, -0.05) is 43.2 Å². The largest absolute Gasteiger partial charge is 0.327 e. The lowest BCUT2D eigenvalue weighted by molar-refractivity contribution is -0.117. The second-order valence-corrected chi connectivity index (χ2v) is 6.12. The number of benzene rings is 1. The number of carbonyl (C=O) groups is 1. The third-order valence-electron chi connectivity index (χ3n) is 4.38. The smallest absolute Gasteiger partial charge is 0.224 e. The van der Waals surface area contributed by atoms with Gasteiger partial charge in [-0.25, -0.2) is 9.97 Å². The van der Waals surface area contributed by atoms with Gasteiger partial charge in [-0.05, 0) is 18.8 Å². The van der Waals surface area contributed by atoms with E-state index in [0.29, 0.717) is 17.9 Å². The van der Waals surface area contributed by atoms with Gasteiger partial charge in [-0.3, -0.25) is 4.79 Å². The minimum absolute atomic E-state index is 0. The Morgan fingerprint density at radius 1 is 1.12 bits per heavy atom. The maximum absolute atomic E-state index is 12.2. The molecule has 1 aromatic carbocycles. The molecule has 2 unspecified atom stereocenters. The highest BCUT2D eigenvalue weighted by Crippen LogP contribution is 2.26. The fourth-order valence-corrected chi connectivity index (χ4v) is 3.07. The molecule has 24 heavy (non-hydrogen) atoms. The topological polar surface area (TPSA) is 80.9 Å². The van der Waals surface area contributed by atoms with Crippen molar-refractivity contribution in [1.29, 1.82) is 0 Å². The molecule has 1 aliphatic rings. The molecule has 3 N–H and O–H groups in total. The zero-order valence-corrected chi connectivity index (χ0v) is 14.3. The minimum Gasteiger partial charge on any atom is -0.327 e. The Hall–Kier alpha value is -1.98. The molecule has 1 amide bonds. The van der Waals surface area contributed by atoms with E-state index in [1.54, 1.807) is 12.4 Å². The maximum atomic E-state index is 12.2. The molecule has 6 heteroatoms. The van der Waals surface area contributed by atoms with Crippen molar-refractivity contribution >= 4 is 24.0 Å². The van der Waals surface area contributed by atoms with Crippen LogP contribution < -0.4 is 11.1 Å². The van der Waals surface area contributed by atoms with Crippen molar-refractivity contribution in [3.63, 3.8) is 0 Å². The van der Waals surface area contributed by atoms with Gasteiger partial charge in [0.2, 0.25) is 5.91 Å². The van der Waals surface area contributed by atoms with Crippen LogP contribution in [-0.4, -0.2) is 21.9 Å². The minimum atomic E-state index is -0.0107. The fourth-order valence-electron chi connectivity index (χ4n) is 3.07. The van der Waals surface area contributed by atoms with Gasteiger partial charge in [0, 0.05) is 18.0 Å². The van der Waals surface area contributed by atoms with Crippen molar-refractivity contribution in [2.24, 2.45) is 11.7 Å². The predicted octanol–water partition coefficient (Wildman–Crippen LogP) is 3.41. The number of hydrogen-bond acceptors (Lipinski definition) is 4. The number of nitrogens with one attached hydrogen (secondary N) is 1. The molecule has 0 bridgehead atoms. The van der Waals surface area contributed by atoms with Gasteiger partial charge < -0.3 is 11.1 Å². The lowest BCUT2D eigenvalue weighted by atomic mass is 9.83. The summed E-state index contributed by atoms with van der Waals surface area (Å²) in [4.78, 5) is 20.8. The van der Waals surface area contributed by atoms with Crippen molar-refractivity contribution in [2.45, 2.75) is 38.1 Å². The molecule has 0 aliphatic heterocycles. The van der Waals surface area contributed by atoms with Gasteiger partial charge in [0.1, 0.15) is 0 Å². The van der Waals surface area contributed by atoms with Crippen LogP contribution in [-0.2, 0) is 4.79 Å².